The number of carbonyl (C=O) groups excluding carboxylic acids is 7. The molecule has 4 heterocycles. The van der Waals surface area contributed by atoms with E-state index in [9.17, 15) is 63.3 Å². The summed E-state index contributed by atoms with van der Waals surface area (Å²) in [6.45, 7) is 2.57. The number of carboxylic acid groups (broad SMARTS) is 3. The second kappa shape index (κ2) is 21.6. The molecule has 0 bridgehead atoms. The van der Waals surface area contributed by atoms with Crippen LogP contribution in [-0.4, -0.2) is 164 Å². The third kappa shape index (κ3) is 12.0. The highest BCUT2D eigenvalue weighted by molar-refractivity contribution is 5.98. The smallest absolute Gasteiger partial charge is 0.326 e. The number of carbonyl (C=O) groups is 10. The first kappa shape index (κ1) is 46.9. The standard InChI is InChI=1S/C41H56N8O13/c1-23(43-36(56)27(22-33(52)53)45-37(57)29-12-6-18-47(29)38(58)26-11-5-17-42-26)34(54)44-25(15-16-32(50)51)35(55)46-28(21-24-9-3-2-4-10-24)39(59)48-19-7-13-30(48)40(60)49-20-8-14-31(49)41(61)62/h2-4,9-10,23,25-31,42H,5-8,11-22H2,1H3,(H,43,56)(H,44,54)(H,45,57)(H,46,55)(H,50,51)(H,52,53)(H,61,62)/t23-,25-,26-,27-,28-,29-,30-,31-/m0/s1. The molecule has 1 aromatic rings. The summed E-state index contributed by atoms with van der Waals surface area (Å²) in [5, 5.41) is 41.7. The molecule has 1 aromatic carbocycles. The van der Waals surface area contributed by atoms with Crippen molar-refractivity contribution in [1.29, 1.82) is 0 Å². The van der Waals surface area contributed by atoms with Gasteiger partial charge in [0.1, 0.15) is 42.3 Å². The maximum atomic E-state index is 14.3. The predicted octanol–water partition coefficient (Wildman–Crippen LogP) is -1.66. The highest BCUT2D eigenvalue weighted by atomic mass is 16.4. The summed E-state index contributed by atoms with van der Waals surface area (Å²) in [5.74, 6) is -8.99. The van der Waals surface area contributed by atoms with Crippen LogP contribution in [0.4, 0.5) is 0 Å². The van der Waals surface area contributed by atoms with Crippen molar-refractivity contribution in [1.82, 2.24) is 41.3 Å². The zero-order valence-corrected chi connectivity index (χ0v) is 34.6. The Morgan fingerprint density at radius 2 is 1.24 bits per heavy atom. The predicted molar refractivity (Wildman–Crippen MR) is 216 cm³/mol. The first-order valence-electron chi connectivity index (χ1n) is 21.1. The lowest BCUT2D eigenvalue weighted by molar-refractivity contribution is -0.152. The van der Waals surface area contributed by atoms with Crippen LogP contribution in [0.2, 0.25) is 0 Å². The zero-order valence-electron chi connectivity index (χ0n) is 34.6. The lowest BCUT2D eigenvalue weighted by atomic mass is 10.0. The second-order valence-electron chi connectivity index (χ2n) is 16.2. The van der Waals surface area contributed by atoms with Gasteiger partial charge in [-0.1, -0.05) is 30.3 Å². The quantitative estimate of drug-likeness (QED) is 0.0773. The Morgan fingerprint density at radius 3 is 1.85 bits per heavy atom. The number of nitrogens with zero attached hydrogens (tertiary/aromatic N) is 3. The van der Waals surface area contributed by atoms with Gasteiger partial charge in [0.15, 0.2) is 0 Å². The summed E-state index contributed by atoms with van der Waals surface area (Å²) in [4.78, 5) is 135. The molecule has 0 aromatic heterocycles. The molecule has 0 spiro atoms. The van der Waals surface area contributed by atoms with Crippen molar-refractivity contribution in [2.45, 2.75) is 132 Å². The Hall–Kier alpha value is -6.12. The molecule has 4 fully saturated rings. The highest BCUT2D eigenvalue weighted by Crippen LogP contribution is 2.26. The van der Waals surface area contributed by atoms with Gasteiger partial charge in [-0.25, -0.2) is 4.79 Å². The average Bonchev–Trinajstić information content (AvgIpc) is 4.08. The van der Waals surface area contributed by atoms with E-state index in [0.717, 1.165) is 6.42 Å². The minimum absolute atomic E-state index is 0.0583. The van der Waals surface area contributed by atoms with Crippen LogP contribution < -0.4 is 26.6 Å². The van der Waals surface area contributed by atoms with Crippen molar-refractivity contribution < 1.29 is 63.3 Å². The van der Waals surface area contributed by atoms with Gasteiger partial charge in [-0.3, -0.25) is 43.2 Å². The van der Waals surface area contributed by atoms with Crippen LogP contribution in [0.3, 0.4) is 0 Å². The van der Waals surface area contributed by atoms with Gasteiger partial charge in [0.05, 0.1) is 12.5 Å². The number of likely N-dealkylation sites (tertiary alicyclic amines) is 3. The molecule has 338 valence electrons. The van der Waals surface area contributed by atoms with Gasteiger partial charge >= 0.3 is 17.9 Å². The highest BCUT2D eigenvalue weighted by Gasteiger charge is 2.44. The maximum Gasteiger partial charge on any atom is 0.326 e. The van der Waals surface area contributed by atoms with Crippen LogP contribution >= 0.6 is 0 Å². The number of aliphatic carboxylic acids is 3. The summed E-state index contributed by atoms with van der Waals surface area (Å²) in [7, 11) is 0. The van der Waals surface area contributed by atoms with E-state index in [1.807, 2.05) is 0 Å². The topological polar surface area (TPSA) is 301 Å². The fourth-order valence-electron chi connectivity index (χ4n) is 8.55. The number of hydrogen-bond donors (Lipinski definition) is 8. The molecule has 4 aliphatic rings. The fraction of sp³-hybridized carbons (Fsp3) is 0.610. The third-order valence-corrected chi connectivity index (χ3v) is 11.8. The Balaban J connectivity index is 1.27. The number of rotatable bonds is 19. The number of benzene rings is 1. The summed E-state index contributed by atoms with van der Waals surface area (Å²) < 4.78 is 0. The van der Waals surface area contributed by atoms with E-state index >= 15 is 0 Å². The first-order chi connectivity index (χ1) is 29.5. The molecule has 7 amide bonds. The van der Waals surface area contributed by atoms with E-state index in [-0.39, 0.29) is 38.3 Å². The molecule has 62 heavy (non-hydrogen) atoms. The van der Waals surface area contributed by atoms with Crippen molar-refractivity contribution in [2.75, 3.05) is 26.2 Å². The van der Waals surface area contributed by atoms with Crippen LogP contribution in [0, 0.1) is 0 Å². The maximum absolute atomic E-state index is 14.3. The number of carboxylic acids is 3. The van der Waals surface area contributed by atoms with Gasteiger partial charge in [-0.2, -0.15) is 0 Å². The molecule has 8 N–H and O–H groups in total. The second-order valence-corrected chi connectivity index (χ2v) is 16.2. The Morgan fingerprint density at radius 1 is 0.645 bits per heavy atom. The molecule has 0 radical (unpaired) electrons. The van der Waals surface area contributed by atoms with Crippen molar-refractivity contribution in [3.63, 3.8) is 0 Å². The molecule has 21 heteroatoms. The minimum atomic E-state index is -1.66. The molecule has 4 aliphatic heterocycles. The molecule has 4 saturated heterocycles. The van der Waals surface area contributed by atoms with E-state index in [1.165, 1.54) is 21.6 Å². The summed E-state index contributed by atoms with van der Waals surface area (Å²) in [6, 6.07) is -0.744. The Kier molecular flexibility index (Phi) is 16.4. The summed E-state index contributed by atoms with van der Waals surface area (Å²) >= 11 is 0. The van der Waals surface area contributed by atoms with E-state index in [4.69, 9.17) is 0 Å². The van der Waals surface area contributed by atoms with Gasteiger partial charge < -0.3 is 56.6 Å². The zero-order chi connectivity index (χ0) is 45.1. The van der Waals surface area contributed by atoms with Crippen LogP contribution in [0.5, 0.6) is 0 Å². The van der Waals surface area contributed by atoms with Gasteiger partial charge in [0.2, 0.25) is 41.4 Å². The van der Waals surface area contributed by atoms with E-state index in [2.05, 4.69) is 26.6 Å². The van der Waals surface area contributed by atoms with Gasteiger partial charge in [-0.05, 0) is 76.8 Å². The Labute approximate surface area is 357 Å². The SMILES string of the molecule is C[C@H](NC(=O)[C@H](CC(=O)O)NC(=O)[C@@H]1CCCN1C(=O)[C@@H]1CCCN1)C(=O)N[C@@H](CCC(=O)O)C(=O)N[C@@H](Cc1ccccc1)C(=O)N1CCC[C@H]1C(=O)N1CCC[C@H]1C(=O)O. The Bertz CT molecular complexity index is 1880. The first-order valence-corrected chi connectivity index (χ1v) is 21.1. The van der Waals surface area contributed by atoms with Crippen molar-refractivity contribution >= 4 is 59.3 Å². The van der Waals surface area contributed by atoms with Crippen LogP contribution in [0.25, 0.3) is 0 Å². The van der Waals surface area contributed by atoms with Crippen molar-refractivity contribution in [2.24, 2.45) is 0 Å². The molecule has 0 saturated carbocycles. The average molecular weight is 869 g/mol. The summed E-state index contributed by atoms with van der Waals surface area (Å²) in [5.41, 5.74) is 0.627. The largest absolute Gasteiger partial charge is 0.481 e. The van der Waals surface area contributed by atoms with Crippen LogP contribution in [-0.2, 0) is 54.4 Å². The molecule has 21 nitrogen and oxygen atoms in total. The number of hydrogen-bond acceptors (Lipinski definition) is 11. The van der Waals surface area contributed by atoms with E-state index in [0.29, 0.717) is 50.8 Å². The fourth-order valence-corrected chi connectivity index (χ4v) is 8.55. The molecular formula is C41H56N8O13. The van der Waals surface area contributed by atoms with Gasteiger partial charge in [0.25, 0.3) is 0 Å². The van der Waals surface area contributed by atoms with E-state index in [1.54, 1.807) is 30.3 Å². The van der Waals surface area contributed by atoms with Crippen LogP contribution in [0.1, 0.15) is 83.1 Å². The molecule has 8 atom stereocenters. The van der Waals surface area contributed by atoms with Crippen molar-refractivity contribution in [3.8, 4) is 0 Å². The monoisotopic (exact) mass is 868 g/mol. The molecule has 5 rings (SSSR count). The lowest BCUT2D eigenvalue weighted by Crippen LogP contribution is -2.60. The van der Waals surface area contributed by atoms with Crippen molar-refractivity contribution in [3.05, 3.63) is 35.9 Å². The molecule has 0 unspecified atom stereocenters. The number of nitrogens with one attached hydrogen (secondary N) is 5. The van der Waals surface area contributed by atoms with Crippen LogP contribution in [0.15, 0.2) is 30.3 Å². The van der Waals surface area contributed by atoms with Gasteiger partial charge in [-0.15, -0.1) is 0 Å². The van der Waals surface area contributed by atoms with E-state index < -0.39 is 121 Å². The molecular weight excluding hydrogens is 812 g/mol. The van der Waals surface area contributed by atoms with Gasteiger partial charge in [0, 0.05) is 32.5 Å². The molecule has 0 aliphatic carbocycles. The minimum Gasteiger partial charge on any atom is -0.481 e. The third-order valence-electron chi connectivity index (χ3n) is 11.8. The normalized spacial score (nSPS) is 22.8. The number of amides is 7. The summed E-state index contributed by atoms with van der Waals surface area (Å²) in [6.07, 6.45) is 1.75. The lowest BCUT2D eigenvalue weighted by Gasteiger charge is -2.33.